The Bertz CT molecular complexity index is 756. The number of rotatable bonds is 4. The third-order valence-corrected chi connectivity index (χ3v) is 2.93. The zero-order valence-corrected chi connectivity index (χ0v) is 11.1. The number of anilines is 1. The number of primary amides is 1. The highest BCUT2D eigenvalue weighted by Gasteiger charge is 2.18. The average Bonchev–Trinajstić information content (AvgIpc) is 2.46. The summed E-state index contributed by atoms with van der Waals surface area (Å²) in [6, 6.07) is 9.03. The number of carbonyl (C=O) groups excluding carboxylic acids is 1. The van der Waals surface area contributed by atoms with E-state index in [0.717, 1.165) is 0 Å². The first-order valence-corrected chi connectivity index (χ1v) is 6.07. The number of nitro benzene ring substituents is 1. The summed E-state index contributed by atoms with van der Waals surface area (Å²) in [6.45, 7) is 0. The minimum absolute atomic E-state index is 0.0517. The molecule has 4 N–H and O–H groups in total. The van der Waals surface area contributed by atoms with Gasteiger partial charge in [-0.3, -0.25) is 10.1 Å². The number of nitrogens with zero attached hydrogens (tertiary/aromatic N) is 1. The number of nitro groups is 1. The van der Waals surface area contributed by atoms with E-state index in [-0.39, 0.29) is 16.9 Å². The summed E-state index contributed by atoms with van der Waals surface area (Å²) in [4.78, 5) is 32.5. The van der Waals surface area contributed by atoms with E-state index >= 15 is 0 Å². The Morgan fingerprint density at radius 1 is 1.14 bits per heavy atom. The number of carboxylic acids is 1. The molecule has 0 heterocycles. The van der Waals surface area contributed by atoms with Crippen molar-refractivity contribution in [2.24, 2.45) is 5.73 Å². The van der Waals surface area contributed by atoms with Crippen LogP contribution in [-0.4, -0.2) is 22.0 Å². The van der Waals surface area contributed by atoms with Gasteiger partial charge in [0.25, 0.3) is 5.69 Å². The van der Waals surface area contributed by atoms with Gasteiger partial charge in [-0.25, -0.2) is 9.59 Å². The van der Waals surface area contributed by atoms with Crippen LogP contribution in [0.1, 0.15) is 10.4 Å². The second-order valence-electron chi connectivity index (χ2n) is 4.33. The Kier molecular flexibility index (Phi) is 4.03. The van der Waals surface area contributed by atoms with Gasteiger partial charge < -0.3 is 16.2 Å². The van der Waals surface area contributed by atoms with E-state index in [0.29, 0.717) is 11.1 Å². The van der Waals surface area contributed by atoms with Gasteiger partial charge in [-0.15, -0.1) is 0 Å². The van der Waals surface area contributed by atoms with Crippen LogP contribution in [0.5, 0.6) is 0 Å². The molecule has 22 heavy (non-hydrogen) atoms. The SMILES string of the molecule is NC(=O)Nc1cccc(-c2ccc([N+](=O)[O-])cc2)c1C(=O)O. The number of carboxylic acid groups (broad SMARTS) is 1. The fourth-order valence-corrected chi connectivity index (χ4v) is 2.02. The van der Waals surface area contributed by atoms with E-state index in [1.54, 1.807) is 6.07 Å². The standard InChI is InChI=1S/C14H11N3O5/c15-14(20)16-11-3-1-2-10(12(11)13(18)19)8-4-6-9(7-5-8)17(21)22/h1-7H,(H,18,19)(H3,15,16,20). The molecule has 0 aromatic heterocycles. The summed E-state index contributed by atoms with van der Waals surface area (Å²) in [7, 11) is 0. The maximum atomic E-state index is 11.5. The van der Waals surface area contributed by atoms with Gasteiger partial charge in [0.15, 0.2) is 0 Å². The van der Waals surface area contributed by atoms with Gasteiger partial charge in [0, 0.05) is 12.1 Å². The summed E-state index contributed by atoms with van der Waals surface area (Å²) in [5, 5.41) is 22.3. The topological polar surface area (TPSA) is 136 Å². The molecule has 2 aromatic rings. The minimum Gasteiger partial charge on any atom is -0.478 e. The fraction of sp³-hybridized carbons (Fsp3) is 0. The molecule has 8 nitrogen and oxygen atoms in total. The van der Waals surface area contributed by atoms with Gasteiger partial charge >= 0.3 is 12.0 Å². The Hall–Kier alpha value is -3.42. The molecule has 0 aliphatic rings. The lowest BCUT2D eigenvalue weighted by Gasteiger charge is -2.11. The molecule has 2 amide bonds. The average molecular weight is 301 g/mol. The molecule has 0 spiro atoms. The van der Waals surface area contributed by atoms with Crippen molar-refractivity contribution in [1.82, 2.24) is 0 Å². The van der Waals surface area contributed by atoms with Crippen molar-refractivity contribution in [1.29, 1.82) is 0 Å². The summed E-state index contributed by atoms with van der Waals surface area (Å²) in [5.41, 5.74) is 5.60. The van der Waals surface area contributed by atoms with Crippen LogP contribution in [0.2, 0.25) is 0 Å². The predicted octanol–water partition coefficient (Wildman–Crippen LogP) is 2.45. The van der Waals surface area contributed by atoms with Crippen LogP contribution in [0.15, 0.2) is 42.5 Å². The molecule has 2 aromatic carbocycles. The Labute approximate surface area is 124 Å². The second-order valence-corrected chi connectivity index (χ2v) is 4.33. The van der Waals surface area contributed by atoms with Crippen molar-refractivity contribution in [2.45, 2.75) is 0 Å². The van der Waals surface area contributed by atoms with Crippen LogP contribution in [0.25, 0.3) is 11.1 Å². The number of nitrogens with one attached hydrogen (secondary N) is 1. The number of benzene rings is 2. The number of carbonyl (C=O) groups is 2. The first kappa shape index (κ1) is 15.0. The Morgan fingerprint density at radius 3 is 2.27 bits per heavy atom. The molecule has 2 rings (SSSR count). The van der Waals surface area contributed by atoms with Gasteiger partial charge in [0.1, 0.15) is 0 Å². The smallest absolute Gasteiger partial charge is 0.338 e. The first-order valence-electron chi connectivity index (χ1n) is 6.07. The number of non-ortho nitro benzene ring substituents is 1. The zero-order chi connectivity index (χ0) is 16.3. The normalized spacial score (nSPS) is 10.0. The first-order chi connectivity index (χ1) is 10.4. The molecule has 0 aliphatic carbocycles. The largest absolute Gasteiger partial charge is 0.478 e. The highest BCUT2D eigenvalue weighted by atomic mass is 16.6. The van der Waals surface area contributed by atoms with Crippen molar-refractivity contribution in [3.8, 4) is 11.1 Å². The van der Waals surface area contributed by atoms with Crippen molar-refractivity contribution >= 4 is 23.4 Å². The molecule has 0 aliphatic heterocycles. The van der Waals surface area contributed by atoms with Crippen LogP contribution in [0, 0.1) is 10.1 Å². The summed E-state index contributed by atoms with van der Waals surface area (Å²) in [6.07, 6.45) is 0. The zero-order valence-electron chi connectivity index (χ0n) is 11.1. The molecule has 0 fully saturated rings. The van der Waals surface area contributed by atoms with E-state index in [2.05, 4.69) is 5.32 Å². The molecule has 0 unspecified atom stereocenters. The molecule has 8 heteroatoms. The van der Waals surface area contributed by atoms with Crippen molar-refractivity contribution < 1.29 is 19.6 Å². The van der Waals surface area contributed by atoms with Gasteiger partial charge in [-0.1, -0.05) is 12.1 Å². The molecule has 112 valence electrons. The number of nitrogens with two attached hydrogens (primary N) is 1. The minimum atomic E-state index is -1.25. The number of amides is 2. The summed E-state index contributed by atoms with van der Waals surface area (Å²) < 4.78 is 0. The van der Waals surface area contributed by atoms with Crippen LogP contribution < -0.4 is 11.1 Å². The molecule has 0 saturated carbocycles. The van der Waals surface area contributed by atoms with Crippen molar-refractivity contribution in [3.05, 3.63) is 58.1 Å². The molecular formula is C14H11N3O5. The molecule has 0 saturated heterocycles. The lowest BCUT2D eigenvalue weighted by atomic mass is 9.98. The molecular weight excluding hydrogens is 290 g/mol. The molecule has 0 bridgehead atoms. The highest BCUT2D eigenvalue weighted by molar-refractivity contribution is 6.05. The van der Waals surface area contributed by atoms with E-state index in [4.69, 9.17) is 5.73 Å². The van der Waals surface area contributed by atoms with Gasteiger partial charge in [-0.05, 0) is 29.3 Å². The maximum Gasteiger partial charge on any atom is 0.338 e. The summed E-state index contributed by atoms with van der Waals surface area (Å²) >= 11 is 0. The lowest BCUT2D eigenvalue weighted by molar-refractivity contribution is -0.384. The third-order valence-electron chi connectivity index (χ3n) is 2.93. The van der Waals surface area contributed by atoms with Crippen molar-refractivity contribution in [3.63, 3.8) is 0 Å². The number of hydrogen-bond donors (Lipinski definition) is 3. The van der Waals surface area contributed by atoms with E-state index in [1.165, 1.54) is 36.4 Å². The van der Waals surface area contributed by atoms with Gasteiger partial charge in [0.05, 0.1) is 16.2 Å². The Morgan fingerprint density at radius 2 is 1.77 bits per heavy atom. The quantitative estimate of drug-likeness (QED) is 0.588. The van der Waals surface area contributed by atoms with E-state index in [9.17, 15) is 24.8 Å². The number of aromatic carboxylic acids is 1. The van der Waals surface area contributed by atoms with Crippen LogP contribution in [0.4, 0.5) is 16.2 Å². The maximum absolute atomic E-state index is 11.5. The molecule has 0 atom stereocenters. The fourth-order valence-electron chi connectivity index (χ4n) is 2.02. The van der Waals surface area contributed by atoms with E-state index in [1.807, 2.05) is 0 Å². The Balaban J connectivity index is 2.56. The number of hydrogen-bond acceptors (Lipinski definition) is 4. The number of urea groups is 1. The van der Waals surface area contributed by atoms with Crippen molar-refractivity contribution in [2.75, 3.05) is 5.32 Å². The van der Waals surface area contributed by atoms with E-state index < -0.39 is 16.9 Å². The third kappa shape index (κ3) is 3.01. The summed E-state index contributed by atoms with van der Waals surface area (Å²) in [5.74, 6) is -1.25. The van der Waals surface area contributed by atoms with Crippen LogP contribution >= 0.6 is 0 Å². The van der Waals surface area contributed by atoms with Crippen LogP contribution in [-0.2, 0) is 0 Å². The van der Waals surface area contributed by atoms with Gasteiger partial charge in [-0.2, -0.15) is 0 Å². The molecule has 0 radical (unpaired) electrons. The monoisotopic (exact) mass is 301 g/mol. The predicted molar refractivity (Wildman–Crippen MR) is 78.7 cm³/mol. The van der Waals surface area contributed by atoms with Crippen LogP contribution in [0.3, 0.4) is 0 Å². The lowest BCUT2D eigenvalue weighted by Crippen LogP contribution is -2.21. The second kappa shape index (κ2) is 5.92. The van der Waals surface area contributed by atoms with Gasteiger partial charge in [0.2, 0.25) is 0 Å². The highest BCUT2D eigenvalue weighted by Crippen LogP contribution is 2.30.